The molecular formula is C22H17ClF3N3O6S. The molecule has 0 fully saturated rings. The van der Waals surface area contributed by atoms with E-state index in [2.05, 4.69) is 5.32 Å². The molecule has 0 aliphatic heterocycles. The van der Waals surface area contributed by atoms with E-state index in [1.165, 1.54) is 24.3 Å². The second-order valence-electron chi connectivity index (χ2n) is 7.37. The van der Waals surface area contributed by atoms with Gasteiger partial charge in [-0.2, -0.15) is 13.2 Å². The Kier molecular flexibility index (Phi) is 7.74. The Balaban J connectivity index is 1.68. The summed E-state index contributed by atoms with van der Waals surface area (Å²) < 4.78 is 71.2. The molecule has 3 rings (SSSR count). The number of sulfonamides is 1. The molecule has 1 amide bonds. The molecule has 9 nitrogen and oxygen atoms in total. The van der Waals surface area contributed by atoms with Gasteiger partial charge in [0.05, 0.1) is 26.1 Å². The Bertz CT molecular complexity index is 1430. The number of rotatable bonds is 8. The maximum atomic E-state index is 12.9. The summed E-state index contributed by atoms with van der Waals surface area (Å²) >= 11 is 6.08. The molecule has 0 aromatic heterocycles. The monoisotopic (exact) mass is 543 g/mol. The van der Waals surface area contributed by atoms with E-state index in [9.17, 15) is 36.5 Å². The number of nitro groups is 1. The van der Waals surface area contributed by atoms with E-state index in [-0.39, 0.29) is 32.7 Å². The highest BCUT2D eigenvalue weighted by atomic mass is 35.5. The van der Waals surface area contributed by atoms with Crippen LogP contribution in [0, 0.1) is 17.0 Å². The van der Waals surface area contributed by atoms with Gasteiger partial charge in [-0.15, -0.1) is 0 Å². The van der Waals surface area contributed by atoms with Crippen LogP contribution >= 0.6 is 11.6 Å². The van der Waals surface area contributed by atoms with Crippen LogP contribution in [-0.4, -0.2) is 25.9 Å². The number of halogens is 4. The van der Waals surface area contributed by atoms with E-state index in [4.69, 9.17) is 16.3 Å². The molecule has 0 unspecified atom stereocenters. The number of benzene rings is 3. The molecule has 0 aliphatic rings. The number of nitrogens with zero attached hydrogens (tertiary/aromatic N) is 1. The van der Waals surface area contributed by atoms with Crippen LogP contribution in [0.4, 0.5) is 30.2 Å². The number of carbonyl (C=O) groups excluding carboxylic acids is 1. The second kappa shape index (κ2) is 10.4. The van der Waals surface area contributed by atoms with Crippen molar-refractivity contribution in [2.75, 3.05) is 16.6 Å². The van der Waals surface area contributed by atoms with Gasteiger partial charge in [-0.1, -0.05) is 23.7 Å². The zero-order valence-electron chi connectivity index (χ0n) is 18.3. The first-order valence-corrected chi connectivity index (χ1v) is 11.8. The molecule has 3 aromatic carbocycles. The van der Waals surface area contributed by atoms with Crippen LogP contribution in [0.5, 0.6) is 5.75 Å². The number of hydrogen-bond acceptors (Lipinski definition) is 6. The Morgan fingerprint density at radius 2 is 1.83 bits per heavy atom. The first-order chi connectivity index (χ1) is 16.8. The normalized spacial score (nSPS) is 11.6. The lowest BCUT2D eigenvalue weighted by Crippen LogP contribution is -2.21. The van der Waals surface area contributed by atoms with Crippen LogP contribution in [0.1, 0.15) is 11.1 Å². The SMILES string of the molecule is Cc1ccc([N+](=O)[O-])cc1NC(=O)COc1ccc(S(=O)(=O)Nc2cccc(C(F)(F)F)c2)cc1Cl. The van der Waals surface area contributed by atoms with Crippen molar-refractivity contribution in [1.82, 2.24) is 0 Å². The number of aryl methyl sites for hydroxylation is 1. The van der Waals surface area contributed by atoms with Crippen molar-refractivity contribution < 1.29 is 36.0 Å². The molecule has 0 heterocycles. The van der Waals surface area contributed by atoms with E-state index in [1.54, 1.807) is 6.92 Å². The van der Waals surface area contributed by atoms with Gasteiger partial charge in [-0.25, -0.2) is 8.42 Å². The molecule has 190 valence electrons. The molecule has 3 aromatic rings. The molecule has 0 bridgehead atoms. The fourth-order valence-corrected chi connectivity index (χ4v) is 4.30. The van der Waals surface area contributed by atoms with Crippen molar-refractivity contribution in [3.05, 3.63) is 86.9 Å². The van der Waals surface area contributed by atoms with Crippen molar-refractivity contribution in [3.8, 4) is 5.75 Å². The van der Waals surface area contributed by atoms with Crippen LogP contribution in [0.3, 0.4) is 0 Å². The summed E-state index contributed by atoms with van der Waals surface area (Å²) in [4.78, 5) is 22.2. The molecule has 0 aliphatic carbocycles. The number of anilines is 2. The van der Waals surface area contributed by atoms with Gasteiger partial charge in [0.15, 0.2) is 6.61 Å². The van der Waals surface area contributed by atoms with E-state index in [0.29, 0.717) is 11.6 Å². The van der Waals surface area contributed by atoms with E-state index in [0.717, 1.165) is 30.3 Å². The van der Waals surface area contributed by atoms with Gasteiger partial charge < -0.3 is 10.1 Å². The minimum Gasteiger partial charge on any atom is -0.482 e. The van der Waals surface area contributed by atoms with Crippen LogP contribution < -0.4 is 14.8 Å². The Morgan fingerprint density at radius 1 is 1.11 bits per heavy atom. The zero-order chi connectivity index (χ0) is 26.7. The van der Waals surface area contributed by atoms with Gasteiger partial charge in [-0.3, -0.25) is 19.6 Å². The molecule has 36 heavy (non-hydrogen) atoms. The average molecular weight is 544 g/mol. The predicted molar refractivity (Wildman–Crippen MR) is 126 cm³/mol. The van der Waals surface area contributed by atoms with Gasteiger partial charge in [0.2, 0.25) is 0 Å². The van der Waals surface area contributed by atoms with Crippen molar-refractivity contribution in [2.45, 2.75) is 18.0 Å². The fourth-order valence-electron chi connectivity index (χ4n) is 2.93. The third-order valence-corrected chi connectivity index (χ3v) is 6.39. The van der Waals surface area contributed by atoms with Gasteiger partial charge in [-0.05, 0) is 48.9 Å². The van der Waals surface area contributed by atoms with Gasteiger partial charge in [0, 0.05) is 17.8 Å². The largest absolute Gasteiger partial charge is 0.482 e. The number of carbonyl (C=O) groups is 1. The molecule has 14 heteroatoms. The minimum absolute atomic E-state index is 0.0411. The fraction of sp³-hybridized carbons (Fsp3) is 0.136. The number of ether oxygens (including phenoxy) is 1. The summed E-state index contributed by atoms with van der Waals surface area (Å²) in [6, 6.07) is 10.9. The standard InChI is InChI=1S/C22H17ClF3N3O6S/c1-13-5-6-16(29(31)32)10-19(13)27-21(30)12-35-20-8-7-17(11-18(20)23)36(33,34)28-15-4-2-3-14(9-15)22(24,25)26/h2-11,28H,12H2,1H3,(H,27,30). The number of hydrogen-bond donors (Lipinski definition) is 2. The summed E-state index contributed by atoms with van der Waals surface area (Å²) in [5, 5.41) is 13.2. The van der Waals surface area contributed by atoms with Crippen molar-refractivity contribution in [3.63, 3.8) is 0 Å². The van der Waals surface area contributed by atoms with Gasteiger partial charge >= 0.3 is 6.18 Å². The lowest BCUT2D eigenvalue weighted by atomic mass is 10.2. The van der Waals surface area contributed by atoms with Crippen LogP contribution in [0.25, 0.3) is 0 Å². The summed E-state index contributed by atoms with van der Waals surface area (Å²) in [6.45, 7) is 1.10. The first-order valence-electron chi connectivity index (χ1n) is 9.93. The number of nitrogens with one attached hydrogen (secondary N) is 2. The zero-order valence-corrected chi connectivity index (χ0v) is 19.9. The minimum atomic E-state index is -4.65. The molecule has 0 atom stereocenters. The van der Waals surface area contributed by atoms with E-state index in [1.807, 2.05) is 4.72 Å². The Morgan fingerprint density at radius 3 is 2.47 bits per heavy atom. The van der Waals surface area contributed by atoms with Crippen molar-refractivity contribution in [2.24, 2.45) is 0 Å². The molecule has 0 saturated carbocycles. The first kappa shape index (κ1) is 26.8. The highest BCUT2D eigenvalue weighted by Crippen LogP contribution is 2.32. The van der Waals surface area contributed by atoms with Crippen LogP contribution in [-0.2, 0) is 21.0 Å². The Labute approximate surface area is 208 Å². The van der Waals surface area contributed by atoms with Gasteiger partial charge in [0.25, 0.3) is 21.6 Å². The molecule has 0 spiro atoms. The maximum absolute atomic E-state index is 12.9. The van der Waals surface area contributed by atoms with Crippen molar-refractivity contribution >= 4 is 44.6 Å². The van der Waals surface area contributed by atoms with Crippen LogP contribution in [0.15, 0.2) is 65.6 Å². The topological polar surface area (TPSA) is 128 Å². The predicted octanol–water partition coefficient (Wildman–Crippen LogP) is 5.39. The summed E-state index contributed by atoms with van der Waals surface area (Å²) in [5.74, 6) is -0.696. The highest BCUT2D eigenvalue weighted by molar-refractivity contribution is 7.92. The molecular weight excluding hydrogens is 527 g/mol. The number of alkyl halides is 3. The van der Waals surface area contributed by atoms with E-state index >= 15 is 0 Å². The quantitative estimate of drug-likeness (QED) is 0.289. The highest BCUT2D eigenvalue weighted by Gasteiger charge is 2.30. The summed E-state index contributed by atoms with van der Waals surface area (Å²) in [6.07, 6.45) is -4.65. The lowest BCUT2D eigenvalue weighted by Gasteiger charge is -2.13. The molecule has 0 radical (unpaired) electrons. The molecule has 0 saturated heterocycles. The van der Waals surface area contributed by atoms with Crippen LogP contribution in [0.2, 0.25) is 5.02 Å². The van der Waals surface area contributed by atoms with E-state index < -0.39 is 39.2 Å². The number of non-ortho nitro benzene ring substituents is 1. The lowest BCUT2D eigenvalue weighted by molar-refractivity contribution is -0.384. The third kappa shape index (κ3) is 6.64. The number of nitro benzene ring substituents is 1. The Hall–Kier alpha value is -3.84. The molecule has 2 N–H and O–H groups in total. The maximum Gasteiger partial charge on any atom is 0.416 e. The van der Waals surface area contributed by atoms with Crippen molar-refractivity contribution in [1.29, 1.82) is 0 Å². The second-order valence-corrected chi connectivity index (χ2v) is 9.46. The summed E-state index contributed by atoms with van der Waals surface area (Å²) in [5.41, 5.74) is -0.742. The average Bonchev–Trinajstić information content (AvgIpc) is 2.79. The third-order valence-electron chi connectivity index (χ3n) is 4.72. The smallest absolute Gasteiger partial charge is 0.416 e. The van der Waals surface area contributed by atoms with Gasteiger partial charge in [0.1, 0.15) is 5.75 Å². The summed E-state index contributed by atoms with van der Waals surface area (Å²) in [7, 11) is -4.29. The number of amides is 1.